The average Bonchev–Trinajstić information content (AvgIpc) is 2.76. The molecule has 30 heavy (non-hydrogen) atoms. The van der Waals surface area contributed by atoms with Gasteiger partial charge in [0, 0.05) is 22.3 Å². The maximum atomic E-state index is 13.8. The molecule has 150 valence electrons. The third kappa shape index (κ3) is 4.19. The van der Waals surface area contributed by atoms with Gasteiger partial charge in [0.25, 0.3) is 0 Å². The van der Waals surface area contributed by atoms with Crippen molar-refractivity contribution >= 4 is 34.1 Å². The van der Waals surface area contributed by atoms with E-state index in [1.807, 2.05) is 37.3 Å². The van der Waals surface area contributed by atoms with Crippen LogP contribution in [0.5, 0.6) is 0 Å². The topological polar surface area (TPSA) is 42.0 Å². The van der Waals surface area contributed by atoms with E-state index in [-0.39, 0.29) is 17.6 Å². The molecule has 0 aliphatic carbocycles. The minimum Gasteiger partial charge on any atom is -0.326 e. The lowest BCUT2D eigenvalue weighted by Crippen LogP contribution is -2.20. The second-order valence-corrected chi connectivity index (χ2v) is 7.54. The Kier molecular flexibility index (Phi) is 5.77. The van der Waals surface area contributed by atoms with E-state index in [4.69, 9.17) is 11.6 Å². The highest BCUT2D eigenvalue weighted by atomic mass is 35.5. The van der Waals surface area contributed by atoms with Gasteiger partial charge in [-0.05, 0) is 71.6 Å². The van der Waals surface area contributed by atoms with Crippen molar-refractivity contribution in [2.45, 2.75) is 19.3 Å². The predicted molar refractivity (Wildman–Crippen MR) is 120 cm³/mol. The molecule has 0 bridgehead atoms. The molecule has 1 N–H and O–H groups in total. The van der Waals surface area contributed by atoms with E-state index >= 15 is 0 Å². The number of aromatic nitrogens is 1. The molecule has 4 rings (SSSR count). The smallest absolute Gasteiger partial charge is 0.231 e. The lowest BCUT2D eigenvalue weighted by Gasteiger charge is -2.16. The number of nitrogens with one attached hydrogen (secondary N) is 1. The highest BCUT2D eigenvalue weighted by Crippen LogP contribution is 2.30. The van der Waals surface area contributed by atoms with Crippen LogP contribution in [0.2, 0.25) is 5.02 Å². The maximum absolute atomic E-state index is 13.8. The van der Waals surface area contributed by atoms with E-state index in [9.17, 15) is 9.18 Å². The first-order chi connectivity index (χ1) is 14.5. The monoisotopic (exact) mass is 418 g/mol. The zero-order valence-electron chi connectivity index (χ0n) is 16.4. The number of hydrogen-bond donors (Lipinski definition) is 1. The number of carbonyl (C=O) groups is 1. The Morgan fingerprint density at radius 2 is 1.77 bits per heavy atom. The summed E-state index contributed by atoms with van der Waals surface area (Å²) >= 11 is 5.91. The SMILES string of the molecule is CCC(C(=O)Nc1ccc(Cl)cc1)c1ccc(-c2ccnc3ccc(F)cc23)cc1. The summed E-state index contributed by atoms with van der Waals surface area (Å²) in [5, 5.41) is 4.33. The van der Waals surface area contributed by atoms with Gasteiger partial charge in [-0.3, -0.25) is 9.78 Å². The molecule has 0 aliphatic heterocycles. The normalized spacial score (nSPS) is 12.0. The molecule has 1 aromatic heterocycles. The van der Waals surface area contributed by atoms with Crippen molar-refractivity contribution in [3.05, 3.63) is 95.4 Å². The number of benzene rings is 3. The van der Waals surface area contributed by atoms with Crippen LogP contribution >= 0.6 is 11.6 Å². The molecule has 0 aliphatic rings. The Balaban J connectivity index is 1.60. The predicted octanol–water partition coefficient (Wildman–Crippen LogP) is 6.83. The van der Waals surface area contributed by atoms with Gasteiger partial charge in [-0.25, -0.2) is 4.39 Å². The number of anilines is 1. The largest absolute Gasteiger partial charge is 0.326 e. The van der Waals surface area contributed by atoms with Crippen molar-refractivity contribution in [2.75, 3.05) is 5.32 Å². The molecule has 0 fully saturated rings. The van der Waals surface area contributed by atoms with Crippen molar-refractivity contribution in [3.63, 3.8) is 0 Å². The van der Waals surface area contributed by atoms with Gasteiger partial charge in [0.15, 0.2) is 0 Å². The van der Waals surface area contributed by atoms with Crippen LogP contribution in [-0.4, -0.2) is 10.9 Å². The summed E-state index contributed by atoms with van der Waals surface area (Å²) in [5.74, 6) is -0.636. The fourth-order valence-electron chi connectivity index (χ4n) is 3.60. The van der Waals surface area contributed by atoms with Crippen molar-refractivity contribution in [1.82, 2.24) is 4.98 Å². The van der Waals surface area contributed by atoms with E-state index in [1.54, 1.807) is 36.5 Å². The van der Waals surface area contributed by atoms with Crippen molar-refractivity contribution in [1.29, 1.82) is 0 Å². The quantitative estimate of drug-likeness (QED) is 0.386. The number of rotatable bonds is 5. The van der Waals surface area contributed by atoms with Crippen LogP contribution in [0, 0.1) is 5.82 Å². The Morgan fingerprint density at radius 1 is 1.03 bits per heavy atom. The number of hydrogen-bond acceptors (Lipinski definition) is 2. The van der Waals surface area contributed by atoms with Crippen LogP contribution < -0.4 is 5.32 Å². The first-order valence-corrected chi connectivity index (χ1v) is 10.1. The van der Waals surface area contributed by atoms with Crippen molar-refractivity contribution in [2.24, 2.45) is 0 Å². The fraction of sp³-hybridized carbons (Fsp3) is 0.120. The van der Waals surface area contributed by atoms with Crippen LogP contribution in [-0.2, 0) is 4.79 Å². The lowest BCUT2D eigenvalue weighted by atomic mass is 9.92. The molecule has 0 saturated heterocycles. The first kappa shape index (κ1) is 20.0. The lowest BCUT2D eigenvalue weighted by molar-refractivity contribution is -0.117. The molecule has 1 amide bonds. The second-order valence-electron chi connectivity index (χ2n) is 7.10. The number of halogens is 2. The van der Waals surface area contributed by atoms with E-state index in [1.165, 1.54) is 12.1 Å². The summed E-state index contributed by atoms with van der Waals surface area (Å²) in [6.07, 6.45) is 2.39. The van der Waals surface area contributed by atoms with Gasteiger partial charge in [-0.1, -0.05) is 42.8 Å². The van der Waals surface area contributed by atoms with E-state index in [0.717, 1.165) is 27.6 Å². The first-order valence-electron chi connectivity index (χ1n) is 9.76. The van der Waals surface area contributed by atoms with Gasteiger partial charge >= 0.3 is 0 Å². The molecule has 4 aromatic rings. The van der Waals surface area contributed by atoms with Gasteiger partial charge in [0.05, 0.1) is 11.4 Å². The Morgan fingerprint density at radius 3 is 2.47 bits per heavy atom. The summed E-state index contributed by atoms with van der Waals surface area (Å²) in [6.45, 7) is 1.99. The van der Waals surface area contributed by atoms with Crippen LogP contribution in [0.1, 0.15) is 24.8 Å². The van der Waals surface area contributed by atoms with E-state index in [0.29, 0.717) is 17.1 Å². The summed E-state index contributed by atoms with van der Waals surface area (Å²) in [5.41, 5.74) is 4.24. The minimum atomic E-state index is -0.293. The molecule has 0 radical (unpaired) electrons. The Bertz CT molecular complexity index is 1190. The van der Waals surface area contributed by atoms with Crippen LogP contribution in [0.3, 0.4) is 0 Å². The number of pyridine rings is 1. The average molecular weight is 419 g/mol. The van der Waals surface area contributed by atoms with Gasteiger partial charge in [-0.2, -0.15) is 0 Å². The summed E-state index contributed by atoms with van der Waals surface area (Å²) in [4.78, 5) is 17.1. The van der Waals surface area contributed by atoms with Crippen molar-refractivity contribution < 1.29 is 9.18 Å². The van der Waals surface area contributed by atoms with E-state index < -0.39 is 0 Å². The summed E-state index contributed by atoms with van der Waals surface area (Å²) in [6, 6.07) is 21.4. The van der Waals surface area contributed by atoms with Gasteiger partial charge in [-0.15, -0.1) is 0 Å². The van der Waals surface area contributed by atoms with Gasteiger partial charge in [0.2, 0.25) is 5.91 Å². The molecule has 5 heteroatoms. The number of amides is 1. The molecule has 1 atom stereocenters. The molecular formula is C25H20ClFN2O. The Hall–Kier alpha value is -3.24. The maximum Gasteiger partial charge on any atom is 0.231 e. The molecule has 3 aromatic carbocycles. The third-order valence-corrected chi connectivity index (χ3v) is 5.42. The summed E-state index contributed by atoms with van der Waals surface area (Å²) < 4.78 is 13.8. The molecule has 0 saturated carbocycles. The fourth-order valence-corrected chi connectivity index (χ4v) is 3.73. The molecular weight excluding hydrogens is 399 g/mol. The second kappa shape index (κ2) is 8.64. The number of carbonyl (C=O) groups excluding carboxylic acids is 1. The van der Waals surface area contributed by atoms with Crippen LogP contribution in [0.15, 0.2) is 79.0 Å². The molecule has 1 heterocycles. The van der Waals surface area contributed by atoms with Gasteiger partial charge < -0.3 is 5.32 Å². The zero-order chi connectivity index (χ0) is 21.1. The standard InChI is InChI=1S/C25H20ClFN2O/c1-2-21(25(30)29-20-10-7-18(26)8-11-20)16-3-5-17(6-4-16)22-13-14-28-24-12-9-19(27)15-23(22)24/h3-15,21H,2H2,1H3,(H,29,30). The number of nitrogens with zero attached hydrogens (tertiary/aromatic N) is 1. The van der Waals surface area contributed by atoms with Crippen LogP contribution in [0.25, 0.3) is 22.0 Å². The Labute approximate surface area is 179 Å². The van der Waals surface area contributed by atoms with Gasteiger partial charge in [0.1, 0.15) is 5.82 Å². The molecule has 0 spiro atoms. The minimum absolute atomic E-state index is 0.0657. The third-order valence-electron chi connectivity index (χ3n) is 5.16. The zero-order valence-corrected chi connectivity index (χ0v) is 17.2. The van der Waals surface area contributed by atoms with Crippen molar-refractivity contribution in [3.8, 4) is 11.1 Å². The van der Waals surface area contributed by atoms with Crippen LogP contribution in [0.4, 0.5) is 10.1 Å². The van der Waals surface area contributed by atoms with E-state index in [2.05, 4.69) is 10.3 Å². The highest BCUT2D eigenvalue weighted by molar-refractivity contribution is 6.30. The highest BCUT2D eigenvalue weighted by Gasteiger charge is 2.19. The molecule has 1 unspecified atom stereocenters. The number of fused-ring (bicyclic) bond motifs is 1. The summed E-state index contributed by atoms with van der Waals surface area (Å²) in [7, 11) is 0. The molecule has 3 nitrogen and oxygen atoms in total.